The van der Waals surface area contributed by atoms with Crippen molar-refractivity contribution in [3.05, 3.63) is 29.3 Å². The average Bonchev–Trinajstić information content (AvgIpc) is 2.91. The van der Waals surface area contributed by atoms with E-state index in [2.05, 4.69) is 15.9 Å². The second-order valence-corrected chi connectivity index (χ2v) is 7.72. The number of halogens is 1. The van der Waals surface area contributed by atoms with Crippen molar-refractivity contribution in [3.8, 4) is 0 Å². The smallest absolute Gasteiger partial charge is 0.327 e. The Bertz CT molecular complexity index is 666. The zero-order chi connectivity index (χ0) is 18.1. The molecule has 3 aliphatic heterocycles. The van der Waals surface area contributed by atoms with Crippen LogP contribution in [0.2, 0.25) is 5.02 Å². The molecule has 1 aromatic rings. The van der Waals surface area contributed by atoms with E-state index in [1.54, 1.807) is 4.90 Å². The number of hydrogen-bond acceptors (Lipinski definition) is 4. The van der Waals surface area contributed by atoms with Gasteiger partial charge in [0, 0.05) is 56.5 Å². The predicted octanol–water partition coefficient (Wildman–Crippen LogP) is 2.28. The van der Waals surface area contributed by atoms with Gasteiger partial charge in [0.2, 0.25) is 0 Å². The molecule has 0 unspecified atom stereocenters. The monoisotopic (exact) mass is 376 g/mol. The summed E-state index contributed by atoms with van der Waals surface area (Å²) in [5.41, 5.74) is 1.15. The van der Waals surface area contributed by atoms with Crippen molar-refractivity contribution >= 4 is 29.2 Å². The Morgan fingerprint density at radius 3 is 2.54 bits per heavy atom. The van der Waals surface area contributed by atoms with Gasteiger partial charge in [-0.1, -0.05) is 17.7 Å². The van der Waals surface area contributed by atoms with Crippen LogP contribution in [-0.2, 0) is 4.79 Å². The van der Waals surface area contributed by atoms with E-state index >= 15 is 0 Å². The number of benzene rings is 1. The fourth-order valence-corrected chi connectivity index (χ4v) is 4.38. The Hall–Kier alpha value is -1.79. The van der Waals surface area contributed by atoms with Gasteiger partial charge in [-0.15, -0.1) is 0 Å². The lowest BCUT2D eigenvalue weighted by atomic mass is 10.0. The van der Waals surface area contributed by atoms with Crippen LogP contribution in [0.5, 0.6) is 0 Å². The van der Waals surface area contributed by atoms with Gasteiger partial charge in [-0.25, -0.2) is 4.79 Å². The normalized spacial score (nSPS) is 24.3. The van der Waals surface area contributed by atoms with Crippen LogP contribution in [-0.4, -0.2) is 78.5 Å². The summed E-state index contributed by atoms with van der Waals surface area (Å²) >= 11 is 6.08. The standard InChI is InChI=1S/C19H25ClN4O2/c20-15-4-3-5-16(14-15)22-11-8-21(9-12-22)10-13-24-18(25)17-6-1-2-7-23(17)19(24)26/h3-5,14,17H,1-2,6-13H2/t17-/m0/s1. The van der Waals surface area contributed by atoms with Gasteiger partial charge >= 0.3 is 6.03 Å². The van der Waals surface area contributed by atoms with E-state index in [9.17, 15) is 9.59 Å². The lowest BCUT2D eigenvalue weighted by Crippen LogP contribution is -2.49. The third-order valence-corrected chi connectivity index (χ3v) is 5.95. The number of fused-ring (bicyclic) bond motifs is 1. The molecular formula is C19H25ClN4O2. The highest BCUT2D eigenvalue weighted by Gasteiger charge is 2.45. The van der Waals surface area contributed by atoms with Gasteiger partial charge in [0.25, 0.3) is 5.91 Å². The third kappa shape index (κ3) is 3.40. The van der Waals surface area contributed by atoms with Gasteiger partial charge in [-0.05, 0) is 37.5 Å². The second kappa shape index (κ2) is 7.45. The molecule has 3 heterocycles. The van der Waals surface area contributed by atoms with Crippen LogP contribution in [0, 0.1) is 0 Å². The molecule has 0 bridgehead atoms. The molecule has 0 spiro atoms. The van der Waals surface area contributed by atoms with Crippen LogP contribution in [0.3, 0.4) is 0 Å². The minimum atomic E-state index is -0.198. The molecule has 3 fully saturated rings. The number of carbonyl (C=O) groups excluding carboxylic acids is 2. The highest BCUT2D eigenvalue weighted by molar-refractivity contribution is 6.30. The van der Waals surface area contributed by atoms with E-state index in [-0.39, 0.29) is 18.0 Å². The van der Waals surface area contributed by atoms with Gasteiger partial charge in [0.1, 0.15) is 6.04 Å². The molecule has 26 heavy (non-hydrogen) atoms. The van der Waals surface area contributed by atoms with Gasteiger partial charge in [0.15, 0.2) is 0 Å². The van der Waals surface area contributed by atoms with Gasteiger partial charge in [-0.2, -0.15) is 0 Å². The molecule has 0 radical (unpaired) electrons. The van der Waals surface area contributed by atoms with Gasteiger partial charge in [0.05, 0.1) is 0 Å². The summed E-state index contributed by atoms with van der Waals surface area (Å²) in [7, 11) is 0. The Labute approximate surface area is 159 Å². The van der Waals surface area contributed by atoms with Gasteiger partial charge in [-0.3, -0.25) is 14.6 Å². The lowest BCUT2D eigenvalue weighted by Gasteiger charge is -2.36. The first kappa shape index (κ1) is 17.6. The number of nitrogens with zero attached hydrogens (tertiary/aromatic N) is 4. The maximum atomic E-state index is 12.5. The summed E-state index contributed by atoms with van der Waals surface area (Å²) in [4.78, 5) is 32.9. The van der Waals surface area contributed by atoms with Crippen molar-refractivity contribution in [1.29, 1.82) is 0 Å². The van der Waals surface area contributed by atoms with Crippen molar-refractivity contribution < 1.29 is 9.59 Å². The number of carbonyl (C=O) groups is 2. The summed E-state index contributed by atoms with van der Waals surface area (Å²) in [6, 6.07) is 7.66. The number of urea groups is 1. The molecule has 0 saturated carbocycles. The number of imide groups is 1. The molecule has 6 nitrogen and oxygen atoms in total. The summed E-state index contributed by atoms with van der Waals surface area (Å²) in [5, 5.41) is 0.757. The minimum Gasteiger partial charge on any atom is -0.369 e. The fraction of sp³-hybridized carbons (Fsp3) is 0.579. The Kier molecular flexibility index (Phi) is 5.05. The zero-order valence-corrected chi connectivity index (χ0v) is 15.7. The number of anilines is 1. The average molecular weight is 377 g/mol. The van der Waals surface area contributed by atoms with E-state index in [0.29, 0.717) is 6.54 Å². The maximum absolute atomic E-state index is 12.5. The first-order chi connectivity index (χ1) is 12.6. The summed E-state index contributed by atoms with van der Waals surface area (Å²) in [6.45, 7) is 5.69. The third-order valence-electron chi connectivity index (χ3n) is 5.72. The molecule has 0 aromatic heterocycles. The highest BCUT2D eigenvalue weighted by atomic mass is 35.5. The van der Waals surface area contributed by atoms with E-state index in [4.69, 9.17) is 11.6 Å². The molecule has 0 aliphatic carbocycles. The minimum absolute atomic E-state index is 0.00673. The molecule has 140 valence electrons. The second-order valence-electron chi connectivity index (χ2n) is 7.29. The highest BCUT2D eigenvalue weighted by Crippen LogP contribution is 2.26. The quantitative estimate of drug-likeness (QED) is 0.756. The lowest BCUT2D eigenvalue weighted by molar-refractivity contribution is -0.129. The molecule has 3 saturated heterocycles. The summed E-state index contributed by atoms with van der Waals surface area (Å²) in [5.74, 6) is 0.00673. The van der Waals surface area contributed by atoms with Crippen LogP contribution >= 0.6 is 11.6 Å². The van der Waals surface area contributed by atoms with Crippen LogP contribution in [0.25, 0.3) is 0 Å². The zero-order valence-electron chi connectivity index (χ0n) is 14.9. The topological polar surface area (TPSA) is 47.1 Å². The Morgan fingerprint density at radius 2 is 1.81 bits per heavy atom. The number of piperazine rings is 1. The van der Waals surface area contributed by atoms with Crippen LogP contribution in [0.4, 0.5) is 10.5 Å². The number of rotatable bonds is 4. The first-order valence-corrected chi connectivity index (χ1v) is 9.86. The largest absolute Gasteiger partial charge is 0.369 e. The van der Waals surface area contributed by atoms with Crippen LogP contribution in [0.1, 0.15) is 19.3 Å². The first-order valence-electron chi connectivity index (χ1n) is 9.48. The summed E-state index contributed by atoms with van der Waals surface area (Å²) < 4.78 is 0. The molecule has 0 N–H and O–H groups in total. The Balaban J connectivity index is 1.29. The van der Waals surface area contributed by atoms with E-state index in [1.165, 1.54) is 4.90 Å². The fourth-order valence-electron chi connectivity index (χ4n) is 4.20. The summed E-state index contributed by atoms with van der Waals surface area (Å²) in [6.07, 6.45) is 2.87. The molecule has 7 heteroatoms. The molecule has 3 aliphatic rings. The Morgan fingerprint density at radius 1 is 1.00 bits per heavy atom. The van der Waals surface area contributed by atoms with Crippen LogP contribution < -0.4 is 4.90 Å². The number of piperidine rings is 1. The molecule has 4 rings (SSSR count). The number of hydrogen-bond donors (Lipinski definition) is 0. The van der Waals surface area contributed by atoms with Crippen LogP contribution in [0.15, 0.2) is 24.3 Å². The maximum Gasteiger partial charge on any atom is 0.327 e. The van der Waals surface area contributed by atoms with E-state index in [1.807, 2.05) is 18.2 Å². The van der Waals surface area contributed by atoms with Crippen molar-refractivity contribution in [2.75, 3.05) is 50.7 Å². The predicted molar refractivity (Wildman–Crippen MR) is 102 cm³/mol. The van der Waals surface area contributed by atoms with E-state index < -0.39 is 0 Å². The van der Waals surface area contributed by atoms with Gasteiger partial charge < -0.3 is 9.80 Å². The van der Waals surface area contributed by atoms with E-state index in [0.717, 1.165) is 69.2 Å². The SMILES string of the molecule is O=C1[C@@H]2CCCCN2C(=O)N1CCN1CCN(c2cccc(Cl)c2)CC1. The van der Waals surface area contributed by atoms with Crippen molar-refractivity contribution in [3.63, 3.8) is 0 Å². The van der Waals surface area contributed by atoms with Crippen molar-refractivity contribution in [2.45, 2.75) is 25.3 Å². The number of amides is 3. The molecule has 1 aromatic carbocycles. The molecule has 1 atom stereocenters. The molecule has 3 amide bonds. The molecular weight excluding hydrogens is 352 g/mol. The van der Waals surface area contributed by atoms with Crippen molar-refractivity contribution in [2.24, 2.45) is 0 Å². The van der Waals surface area contributed by atoms with Crippen molar-refractivity contribution in [1.82, 2.24) is 14.7 Å².